The highest BCUT2D eigenvalue weighted by atomic mass is 79.9. The highest BCUT2D eigenvalue weighted by Gasteiger charge is 2.13. The third-order valence-electron chi connectivity index (χ3n) is 3.69. The van der Waals surface area contributed by atoms with Crippen molar-refractivity contribution in [2.45, 2.75) is 11.5 Å². The zero-order chi connectivity index (χ0) is 20.0. The zero-order valence-electron chi connectivity index (χ0n) is 14.5. The number of nitrogens with one attached hydrogen (secondary N) is 1. The van der Waals surface area contributed by atoms with Crippen LogP contribution in [-0.4, -0.2) is 14.6 Å². The summed E-state index contributed by atoms with van der Waals surface area (Å²) in [4.78, 5) is 2.36. The van der Waals surface area contributed by atoms with Crippen LogP contribution in [-0.2, 0) is 16.6 Å². The fourth-order valence-corrected chi connectivity index (χ4v) is 4.56. The summed E-state index contributed by atoms with van der Waals surface area (Å²) in [6, 6.07) is 21.5. The Hall–Kier alpha value is -2.16. The largest absolute Gasteiger partial charge is 0.487 e. The van der Waals surface area contributed by atoms with Gasteiger partial charge in [-0.1, -0.05) is 64.5 Å². The number of hydrogen-bond acceptors (Lipinski definition) is 4. The number of sulfonamides is 1. The summed E-state index contributed by atoms with van der Waals surface area (Å²) >= 11 is 6.91. The summed E-state index contributed by atoms with van der Waals surface area (Å²) in [6.07, 6.45) is 1.41. The van der Waals surface area contributed by atoms with Crippen LogP contribution in [0.3, 0.4) is 0 Å². The van der Waals surface area contributed by atoms with Crippen LogP contribution in [0.4, 0.5) is 0 Å². The van der Waals surface area contributed by atoms with Crippen molar-refractivity contribution in [2.24, 2.45) is 5.10 Å². The highest BCUT2D eigenvalue weighted by molar-refractivity contribution is 9.11. The second kappa shape index (κ2) is 9.36. The molecule has 0 aliphatic heterocycles. The van der Waals surface area contributed by atoms with E-state index in [4.69, 9.17) is 4.74 Å². The first kappa shape index (κ1) is 20.6. The van der Waals surface area contributed by atoms with Crippen molar-refractivity contribution in [1.29, 1.82) is 0 Å². The van der Waals surface area contributed by atoms with Gasteiger partial charge in [-0.2, -0.15) is 13.5 Å². The Kier molecular flexibility index (Phi) is 6.88. The van der Waals surface area contributed by atoms with Crippen molar-refractivity contribution in [2.75, 3.05) is 0 Å². The highest BCUT2D eigenvalue weighted by Crippen LogP contribution is 2.32. The van der Waals surface area contributed by atoms with E-state index in [0.29, 0.717) is 17.9 Å². The van der Waals surface area contributed by atoms with Crippen molar-refractivity contribution in [3.05, 3.63) is 92.9 Å². The first-order valence-electron chi connectivity index (χ1n) is 8.21. The smallest absolute Gasteiger partial charge is 0.276 e. The molecule has 3 aromatic rings. The number of halogens is 2. The summed E-state index contributed by atoms with van der Waals surface area (Å²) in [5.74, 6) is 0.565. The Bertz CT molecular complexity index is 1070. The van der Waals surface area contributed by atoms with E-state index in [9.17, 15) is 8.42 Å². The number of hydrazone groups is 1. The molecule has 144 valence electrons. The molecule has 1 N–H and O–H groups in total. The van der Waals surface area contributed by atoms with Crippen LogP contribution in [0.5, 0.6) is 5.75 Å². The third-order valence-corrected chi connectivity index (χ3v) is 5.98. The molecule has 0 saturated carbocycles. The number of rotatable bonds is 7. The van der Waals surface area contributed by atoms with Gasteiger partial charge >= 0.3 is 0 Å². The molecule has 0 spiro atoms. The molecule has 0 radical (unpaired) electrons. The molecule has 0 atom stereocenters. The van der Waals surface area contributed by atoms with Crippen molar-refractivity contribution >= 4 is 48.1 Å². The molecule has 0 heterocycles. The molecule has 28 heavy (non-hydrogen) atoms. The van der Waals surface area contributed by atoms with E-state index < -0.39 is 10.0 Å². The molecule has 0 aromatic heterocycles. The molecular formula is C20H16Br2N2O3S. The predicted octanol–water partition coefficient (Wildman–Crippen LogP) is 5.10. The maximum Gasteiger partial charge on any atom is 0.276 e. The number of benzene rings is 3. The van der Waals surface area contributed by atoms with Crippen molar-refractivity contribution in [3.8, 4) is 5.75 Å². The van der Waals surface area contributed by atoms with Gasteiger partial charge in [-0.15, -0.1) is 0 Å². The Morgan fingerprint density at radius 3 is 2.29 bits per heavy atom. The average molecular weight is 524 g/mol. The molecule has 8 heteroatoms. The molecule has 0 aliphatic carbocycles. The molecule has 0 bridgehead atoms. The van der Waals surface area contributed by atoms with Crippen molar-refractivity contribution in [3.63, 3.8) is 0 Å². The van der Waals surface area contributed by atoms with E-state index in [2.05, 4.69) is 41.8 Å². The standard InChI is InChI=1S/C20H16Br2N2O3S/c21-17-11-16(13-23-24-28(25,26)18-9-5-2-6-10-18)20(19(22)12-17)27-14-15-7-3-1-4-8-15/h1-13,24H,14H2/b23-13-. The third kappa shape index (κ3) is 5.43. The van der Waals surface area contributed by atoms with Gasteiger partial charge in [0.25, 0.3) is 10.0 Å². The maximum absolute atomic E-state index is 12.3. The van der Waals surface area contributed by atoms with Crippen molar-refractivity contribution < 1.29 is 13.2 Å². The van der Waals surface area contributed by atoms with Gasteiger partial charge in [-0.05, 0) is 45.8 Å². The first-order chi connectivity index (χ1) is 13.5. The normalized spacial score (nSPS) is 11.5. The monoisotopic (exact) mass is 522 g/mol. The molecule has 0 unspecified atom stereocenters. The molecule has 3 aromatic carbocycles. The molecule has 3 rings (SSSR count). The molecular weight excluding hydrogens is 508 g/mol. The Labute approximate surface area is 180 Å². The zero-order valence-corrected chi connectivity index (χ0v) is 18.5. The topological polar surface area (TPSA) is 67.8 Å². The van der Waals surface area contributed by atoms with Gasteiger partial charge in [-0.3, -0.25) is 0 Å². The summed E-state index contributed by atoms with van der Waals surface area (Å²) < 4.78 is 32.0. The number of nitrogens with zero attached hydrogens (tertiary/aromatic N) is 1. The second-order valence-electron chi connectivity index (χ2n) is 5.75. The SMILES string of the molecule is O=S(=O)(N/N=C\c1cc(Br)cc(Br)c1OCc1ccccc1)c1ccccc1. The predicted molar refractivity (Wildman–Crippen MR) is 117 cm³/mol. The minimum atomic E-state index is -3.73. The molecule has 5 nitrogen and oxygen atoms in total. The average Bonchev–Trinajstić information content (AvgIpc) is 2.68. The van der Waals surface area contributed by atoms with Crippen LogP contribution in [0, 0.1) is 0 Å². The van der Waals surface area contributed by atoms with Gasteiger partial charge in [0, 0.05) is 10.0 Å². The van der Waals surface area contributed by atoms with Gasteiger partial charge in [0.2, 0.25) is 0 Å². The summed E-state index contributed by atoms with van der Waals surface area (Å²) in [7, 11) is -3.73. The van der Waals surface area contributed by atoms with Crippen LogP contribution in [0.15, 0.2) is 91.7 Å². The lowest BCUT2D eigenvalue weighted by molar-refractivity contribution is 0.304. The summed E-state index contributed by atoms with van der Waals surface area (Å²) in [5, 5.41) is 3.90. The van der Waals surface area contributed by atoms with Gasteiger partial charge < -0.3 is 4.74 Å². The van der Waals surface area contributed by atoms with E-state index in [1.165, 1.54) is 18.3 Å². The van der Waals surface area contributed by atoms with Crippen LogP contribution in [0.1, 0.15) is 11.1 Å². The Balaban J connectivity index is 1.80. The Morgan fingerprint density at radius 2 is 1.61 bits per heavy atom. The van der Waals surface area contributed by atoms with Crippen LogP contribution in [0.2, 0.25) is 0 Å². The quantitative estimate of drug-likeness (QED) is 0.346. The fraction of sp³-hybridized carbons (Fsp3) is 0.0500. The van der Waals surface area contributed by atoms with E-state index in [0.717, 1.165) is 14.5 Å². The lowest BCUT2D eigenvalue weighted by Crippen LogP contribution is -2.18. The van der Waals surface area contributed by atoms with Gasteiger partial charge in [-0.25, -0.2) is 4.83 Å². The van der Waals surface area contributed by atoms with Crippen molar-refractivity contribution in [1.82, 2.24) is 4.83 Å². The minimum Gasteiger partial charge on any atom is -0.487 e. The van der Waals surface area contributed by atoms with E-state index in [1.807, 2.05) is 36.4 Å². The van der Waals surface area contributed by atoms with Gasteiger partial charge in [0.15, 0.2) is 0 Å². The number of hydrogen-bond donors (Lipinski definition) is 1. The van der Waals surface area contributed by atoms with Crippen LogP contribution < -0.4 is 9.57 Å². The second-order valence-corrected chi connectivity index (χ2v) is 9.18. The Morgan fingerprint density at radius 1 is 0.964 bits per heavy atom. The lowest BCUT2D eigenvalue weighted by atomic mass is 10.2. The molecule has 0 saturated heterocycles. The lowest BCUT2D eigenvalue weighted by Gasteiger charge is -2.12. The maximum atomic E-state index is 12.3. The van der Waals surface area contributed by atoms with Gasteiger partial charge in [0.05, 0.1) is 15.6 Å². The summed E-state index contributed by atoms with van der Waals surface area (Å²) in [6.45, 7) is 0.373. The van der Waals surface area contributed by atoms with Crippen LogP contribution >= 0.6 is 31.9 Å². The molecule has 0 fully saturated rings. The van der Waals surface area contributed by atoms with E-state index in [-0.39, 0.29) is 4.90 Å². The van der Waals surface area contributed by atoms with E-state index >= 15 is 0 Å². The van der Waals surface area contributed by atoms with Gasteiger partial charge in [0.1, 0.15) is 12.4 Å². The molecule has 0 amide bonds. The minimum absolute atomic E-state index is 0.142. The fourth-order valence-electron chi connectivity index (χ4n) is 2.38. The summed E-state index contributed by atoms with van der Waals surface area (Å²) in [5.41, 5.74) is 1.64. The molecule has 0 aliphatic rings. The first-order valence-corrected chi connectivity index (χ1v) is 11.3. The van der Waals surface area contributed by atoms with Crippen LogP contribution in [0.25, 0.3) is 0 Å². The van der Waals surface area contributed by atoms with E-state index in [1.54, 1.807) is 24.3 Å². The number of ether oxygens (including phenoxy) is 1.